The van der Waals surface area contributed by atoms with E-state index in [1.165, 1.54) is 6.92 Å². The Balaban J connectivity index is 1.61. The van der Waals surface area contributed by atoms with Gasteiger partial charge in [0.1, 0.15) is 6.10 Å². The molecule has 8 nitrogen and oxygen atoms in total. The minimum absolute atomic E-state index is 0.0197. The van der Waals surface area contributed by atoms with Crippen LogP contribution in [0.15, 0.2) is 0 Å². The fraction of sp³-hybridized carbons (Fsp3) is 0.962. The van der Waals surface area contributed by atoms with Crippen molar-refractivity contribution in [2.75, 3.05) is 41.0 Å². The molecule has 1 aliphatic heterocycles. The lowest BCUT2D eigenvalue weighted by Gasteiger charge is -2.68. The Morgan fingerprint density at radius 2 is 1.91 bits per heavy atom. The third kappa shape index (κ3) is 2.48. The second-order valence-electron chi connectivity index (χ2n) is 12.1. The molecule has 8 heteroatoms. The van der Waals surface area contributed by atoms with Crippen LogP contribution in [0.1, 0.15) is 39.5 Å². The summed E-state index contributed by atoms with van der Waals surface area (Å²) in [5.41, 5.74) is -1.66. The van der Waals surface area contributed by atoms with Gasteiger partial charge in [-0.3, -0.25) is 9.69 Å². The number of nitrogens with zero attached hydrogens (tertiary/aromatic N) is 1. The fourth-order valence-electron chi connectivity index (χ4n) is 11.0. The molecule has 7 bridgehead atoms. The number of esters is 1. The molecule has 1 unspecified atom stereocenters. The predicted molar refractivity (Wildman–Crippen MR) is 122 cm³/mol. The van der Waals surface area contributed by atoms with Gasteiger partial charge in [-0.1, -0.05) is 6.92 Å². The molecule has 34 heavy (non-hydrogen) atoms. The number of likely N-dealkylation sites (tertiary alicyclic amines) is 1. The van der Waals surface area contributed by atoms with Crippen molar-refractivity contribution in [1.29, 1.82) is 0 Å². The zero-order valence-corrected chi connectivity index (χ0v) is 21.1. The van der Waals surface area contributed by atoms with Gasteiger partial charge in [0, 0.05) is 81.8 Å². The van der Waals surface area contributed by atoms with E-state index in [0.717, 1.165) is 32.4 Å². The first-order valence-corrected chi connectivity index (χ1v) is 13.1. The highest BCUT2D eigenvalue weighted by Crippen LogP contribution is 2.79. The van der Waals surface area contributed by atoms with Crippen molar-refractivity contribution in [2.45, 2.75) is 75.6 Å². The van der Waals surface area contributed by atoms with Crippen molar-refractivity contribution >= 4 is 5.97 Å². The van der Waals surface area contributed by atoms with E-state index in [-0.39, 0.29) is 59.2 Å². The molecule has 6 rings (SSSR count). The van der Waals surface area contributed by atoms with Crippen LogP contribution in [0.3, 0.4) is 0 Å². The first-order chi connectivity index (χ1) is 16.2. The lowest BCUT2D eigenvalue weighted by molar-refractivity contribution is -0.274. The second-order valence-corrected chi connectivity index (χ2v) is 12.1. The monoisotopic (exact) mass is 479 g/mol. The van der Waals surface area contributed by atoms with Crippen molar-refractivity contribution < 1.29 is 34.0 Å². The number of aliphatic hydroxyl groups excluding tert-OH is 1. The Bertz CT molecular complexity index is 855. The third-order valence-corrected chi connectivity index (χ3v) is 11.4. The van der Waals surface area contributed by atoms with Gasteiger partial charge in [-0.15, -0.1) is 0 Å². The van der Waals surface area contributed by atoms with Crippen LogP contribution in [-0.2, 0) is 23.7 Å². The van der Waals surface area contributed by atoms with Gasteiger partial charge in [0.15, 0.2) is 0 Å². The van der Waals surface area contributed by atoms with Gasteiger partial charge in [-0.05, 0) is 31.7 Å². The van der Waals surface area contributed by atoms with Crippen LogP contribution < -0.4 is 0 Å². The summed E-state index contributed by atoms with van der Waals surface area (Å²) in [6.07, 6.45) is 1.64. The molecule has 1 saturated heterocycles. The highest BCUT2D eigenvalue weighted by atomic mass is 16.5. The van der Waals surface area contributed by atoms with Crippen LogP contribution in [0.4, 0.5) is 0 Å². The van der Waals surface area contributed by atoms with Crippen LogP contribution in [-0.4, -0.2) is 98.2 Å². The molecule has 0 aromatic rings. The molecule has 192 valence electrons. The molecule has 5 saturated carbocycles. The minimum atomic E-state index is -1.09. The number of hydrogen-bond acceptors (Lipinski definition) is 8. The average Bonchev–Trinajstić information content (AvgIpc) is 3.23. The van der Waals surface area contributed by atoms with E-state index < -0.39 is 23.2 Å². The van der Waals surface area contributed by atoms with Gasteiger partial charge in [0.25, 0.3) is 0 Å². The maximum absolute atomic E-state index is 12.7. The summed E-state index contributed by atoms with van der Waals surface area (Å²) < 4.78 is 24.1. The molecule has 1 heterocycles. The SMILES string of the molecule is CCN1C[C@]2(COC)CC[C@H](O)[C@]34C1[C@@H]([C@H](OC)[C@H]23)[C@@]1(O)C[C@H](OC)[C@H]2C[C@@H]4[C@@H]1[C@H]2OC(C)=O. The summed E-state index contributed by atoms with van der Waals surface area (Å²) in [5.74, 6) is -0.586. The van der Waals surface area contributed by atoms with E-state index in [4.69, 9.17) is 18.9 Å². The van der Waals surface area contributed by atoms with Crippen LogP contribution >= 0.6 is 0 Å². The molecule has 1 spiro atoms. The zero-order valence-electron chi connectivity index (χ0n) is 21.1. The van der Waals surface area contributed by atoms with E-state index >= 15 is 0 Å². The molecule has 6 aliphatic rings. The summed E-state index contributed by atoms with van der Waals surface area (Å²) >= 11 is 0. The van der Waals surface area contributed by atoms with E-state index in [1.807, 2.05) is 0 Å². The molecule has 0 aromatic carbocycles. The molecule has 13 atom stereocenters. The van der Waals surface area contributed by atoms with E-state index in [0.29, 0.717) is 13.0 Å². The Kier molecular flexibility index (Phi) is 5.29. The topological polar surface area (TPSA) is 97.7 Å². The predicted octanol–water partition coefficient (Wildman–Crippen LogP) is 1.07. The van der Waals surface area contributed by atoms with Gasteiger partial charge in [0.2, 0.25) is 0 Å². The molecule has 0 radical (unpaired) electrons. The summed E-state index contributed by atoms with van der Waals surface area (Å²) in [7, 11) is 5.23. The van der Waals surface area contributed by atoms with Gasteiger partial charge < -0.3 is 29.2 Å². The molecular formula is C26H41NO7. The van der Waals surface area contributed by atoms with Gasteiger partial charge >= 0.3 is 5.97 Å². The van der Waals surface area contributed by atoms with Crippen molar-refractivity contribution in [3.05, 3.63) is 0 Å². The number of carbonyl (C=O) groups is 1. The Morgan fingerprint density at radius 3 is 2.53 bits per heavy atom. The second kappa shape index (κ2) is 7.62. The normalized spacial score (nSPS) is 57.0. The number of fused-ring (bicyclic) bond motifs is 2. The number of piperidine rings is 1. The summed E-state index contributed by atoms with van der Waals surface area (Å²) in [6, 6.07) is 0.0197. The summed E-state index contributed by atoms with van der Waals surface area (Å²) in [4.78, 5) is 14.7. The number of rotatable bonds is 6. The average molecular weight is 480 g/mol. The molecule has 0 aromatic heterocycles. The van der Waals surface area contributed by atoms with Crippen molar-refractivity contribution in [1.82, 2.24) is 4.90 Å². The van der Waals surface area contributed by atoms with Gasteiger partial charge in [0.05, 0.1) is 30.5 Å². The van der Waals surface area contributed by atoms with E-state index in [1.54, 1.807) is 21.3 Å². The quantitative estimate of drug-likeness (QED) is 0.546. The largest absolute Gasteiger partial charge is 0.462 e. The number of ether oxygens (including phenoxy) is 4. The van der Waals surface area contributed by atoms with Crippen LogP contribution in [0.2, 0.25) is 0 Å². The zero-order chi connectivity index (χ0) is 24.2. The Hall–Kier alpha value is -0.770. The highest BCUT2D eigenvalue weighted by Gasteiger charge is 2.86. The first kappa shape index (κ1) is 23.6. The number of carbonyl (C=O) groups excluding carboxylic acids is 1. The molecular weight excluding hydrogens is 438 g/mol. The van der Waals surface area contributed by atoms with Crippen LogP contribution in [0, 0.1) is 40.4 Å². The van der Waals surface area contributed by atoms with Crippen molar-refractivity contribution in [3.63, 3.8) is 0 Å². The van der Waals surface area contributed by atoms with E-state index in [9.17, 15) is 15.0 Å². The minimum Gasteiger partial charge on any atom is -0.462 e. The molecule has 2 N–H and O–H groups in total. The smallest absolute Gasteiger partial charge is 0.302 e. The van der Waals surface area contributed by atoms with Crippen molar-refractivity contribution in [2.24, 2.45) is 40.4 Å². The Morgan fingerprint density at radius 1 is 1.15 bits per heavy atom. The lowest BCUT2D eigenvalue weighted by Crippen LogP contribution is -2.76. The van der Waals surface area contributed by atoms with Gasteiger partial charge in [-0.2, -0.15) is 0 Å². The third-order valence-electron chi connectivity index (χ3n) is 11.4. The number of aliphatic hydroxyl groups is 2. The summed E-state index contributed by atoms with van der Waals surface area (Å²) in [5, 5.41) is 24.7. The van der Waals surface area contributed by atoms with Crippen LogP contribution in [0.25, 0.3) is 0 Å². The van der Waals surface area contributed by atoms with Crippen LogP contribution in [0.5, 0.6) is 0 Å². The lowest BCUT2D eigenvalue weighted by atomic mass is 9.43. The standard InChI is InChI=1S/C26H41NO7/c1-6-27-11-24(12-31-3)8-7-17(29)26-15-9-14-16(32-4)10-25(30,18(15)20(14)34-13(2)28)19(23(26)27)21(33-5)22(24)26/h14-23,29-30H,6-12H2,1-5H3/t14-,15-,16+,17+,18-,19-,20+,21+,22-,23?,24+,25-,26+/m1/s1. The van der Waals surface area contributed by atoms with E-state index in [2.05, 4.69) is 11.8 Å². The maximum Gasteiger partial charge on any atom is 0.302 e. The molecule has 5 aliphatic carbocycles. The van der Waals surface area contributed by atoms with Crippen molar-refractivity contribution in [3.8, 4) is 0 Å². The molecule has 0 amide bonds. The number of methoxy groups -OCH3 is 3. The summed E-state index contributed by atoms with van der Waals surface area (Å²) in [6.45, 7) is 6.00. The fourth-order valence-corrected chi connectivity index (χ4v) is 11.0. The Labute approximate surface area is 202 Å². The highest BCUT2D eigenvalue weighted by molar-refractivity contribution is 5.66. The number of hydrogen-bond donors (Lipinski definition) is 2. The maximum atomic E-state index is 12.7. The van der Waals surface area contributed by atoms with Gasteiger partial charge in [-0.25, -0.2) is 0 Å². The first-order valence-electron chi connectivity index (χ1n) is 13.1. The molecule has 6 fully saturated rings.